The summed E-state index contributed by atoms with van der Waals surface area (Å²) >= 11 is 0. The molecule has 118 valence electrons. The number of nitrogens with one attached hydrogen (secondary N) is 1. The second-order valence-corrected chi connectivity index (χ2v) is 5.41. The SMILES string of the molecule is CC(CN)(NC(=O)CCn1cc([N+](=O)[O-])cn1)C1CC1.Cl. The maximum atomic E-state index is 11.9. The van der Waals surface area contributed by atoms with Crippen LogP contribution in [0.5, 0.6) is 0 Å². The number of nitro groups is 1. The fourth-order valence-corrected chi connectivity index (χ4v) is 2.21. The van der Waals surface area contributed by atoms with Crippen molar-refractivity contribution in [2.45, 2.75) is 38.3 Å². The van der Waals surface area contributed by atoms with E-state index in [2.05, 4.69) is 10.4 Å². The first-order chi connectivity index (χ1) is 9.44. The number of nitrogens with zero attached hydrogens (tertiary/aromatic N) is 3. The van der Waals surface area contributed by atoms with Gasteiger partial charge in [-0.2, -0.15) is 5.10 Å². The van der Waals surface area contributed by atoms with Gasteiger partial charge < -0.3 is 11.1 Å². The summed E-state index contributed by atoms with van der Waals surface area (Å²) in [4.78, 5) is 21.9. The third kappa shape index (κ3) is 4.40. The molecule has 21 heavy (non-hydrogen) atoms. The first-order valence-electron chi connectivity index (χ1n) is 6.62. The highest BCUT2D eigenvalue weighted by atomic mass is 35.5. The van der Waals surface area contributed by atoms with Crippen LogP contribution in [0.2, 0.25) is 0 Å². The number of nitrogens with two attached hydrogens (primary N) is 1. The van der Waals surface area contributed by atoms with E-state index in [0.29, 0.717) is 19.0 Å². The quantitative estimate of drug-likeness (QED) is 0.571. The molecule has 1 amide bonds. The Balaban J connectivity index is 0.00000220. The van der Waals surface area contributed by atoms with Crippen LogP contribution in [0.25, 0.3) is 0 Å². The van der Waals surface area contributed by atoms with Gasteiger partial charge in [0, 0.05) is 19.5 Å². The molecule has 3 N–H and O–H groups in total. The van der Waals surface area contributed by atoms with Gasteiger partial charge in [-0.25, -0.2) is 0 Å². The summed E-state index contributed by atoms with van der Waals surface area (Å²) in [6.07, 6.45) is 4.90. The predicted octanol–water partition coefficient (Wildman–Crippen LogP) is 0.847. The van der Waals surface area contributed by atoms with Crippen molar-refractivity contribution in [3.05, 3.63) is 22.5 Å². The normalized spacial score (nSPS) is 16.7. The zero-order valence-corrected chi connectivity index (χ0v) is 12.6. The Kier molecular flexibility index (Phi) is 5.68. The van der Waals surface area contributed by atoms with Gasteiger partial charge in [-0.1, -0.05) is 0 Å². The zero-order chi connectivity index (χ0) is 14.8. The van der Waals surface area contributed by atoms with Crippen LogP contribution in [0.4, 0.5) is 5.69 Å². The number of aromatic nitrogens is 2. The first-order valence-corrected chi connectivity index (χ1v) is 6.62. The van der Waals surface area contributed by atoms with Crippen molar-refractivity contribution >= 4 is 24.0 Å². The zero-order valence-electron chi connectivity index (χ0n) is 11.8. The smallest absolute Gasteiger partial charge is 0.306 e. The van der Waals surface area contributed by atoms with Crippen LogP contribution in [-0.4, -0.2) is 32.7 Å². The van der Waals surface area contributed by atoms with E-state index in [4.69, 9.17) is 5.73 Å². The van der Waals surface area contributed by atoms with Crippen molar-refractivity contribution in [2.75, 3.05) is 6.54 Å². The summed E-state index contributed by atoms with van der Waals surface area (Å²) in [5, 5.41) is 17.3. The molecule has 1 unspecified atom stereocenters. The minimum absolute atomic E-state index is 0. The topological polar surface area (TPSA) is 116 Å². The lowest BCUT2D eigenvalue weighted by atomic mass is 9.96. The van der Waals surface area contributed by atoms with Crippen LogP contribution in [0.1, 0.15) is 26.2 Å². The summed E-state index contributed by atoms with van der Waals surface area (Å²) in [5.74, 6) is 0.352. The van der Waals surface area contributed by atoms with Gasteiger partial charge >= 0.3 is 5.69 Å². The molecule has 1 aliphatic rings. The maximum absolute atomic E-state index is 11.9. The predicted molar refractivity (Wildman–Crippen MR) is 79.1 cm³/mol. The molecule has 9 heteroatoms. The molecular formula is C12H20ClN5O3. The Bertz CT molecular complexity index is 517. The number of hydrogen-bond donors (Lipinski definition) is 2. The Hall–Kier alpha value is -1.67. The molecule has 0 bridgehead atoms. The molecule has 0 saturated heterocycles. The van der Waals surface area contributed by atoms with Gasteiger partial charge in [-0.05, 0) is 25.7 Å². The van der Waals surface area contributed by atoms with E-state index < -0.39 is 4.92 Å². The molecule has 1 fully saturated rings. The molecule has 2 rings (SSSR count). The Labute approximate surface area is 128 Å². The lowest BCUT2D eigenvalue weighted by Gasteiger charge is -2.29. The fraction of sp³-hybridized carbons (Fsp3) is 0.667. The molecule has 1 aromatic heterocycles. The summed E-state index contributed by atoms with van der Waals surface area (Å²) in [6, 6.07) is 0. The minimum atomic E-state index is -0.512. The fourth-order valence-electron chi connectivity index (χ4n) is 2.21. The van der Waals surface area contributed by atoms with Gasteiger partial charge in [0.15, 0.2) is 0 Å². The van der Waals surface area contributed by atoms with E-state index in [1.807, 2.05) is 6.92 Å². The second kappa shape index (κ2) is 6.86. The third-order valence-electron chi connectivity index (χ3n) is 3.73. The molecular weight excluding hydrogens is 298 g/mol. The standard InChI is InChI=1S/C12H19N5O3.ClH/c1-12(8-13,9-2-3-9)15-11(18)4-5-16-7-10(6-14-16)17(19)20;/h6-7,9H,2-5,8,13H2,1H3,(H,15,18);1H. The van der Waals surface area contributed by atoms with Crippen LogP contribution < -0.4 is 11.1 Å². The molecule has 1 heterocycles. The second-order valence-electron chi connectivity index (χ2n) is 5.41. The molecule has 0 aromatic carbocycles. The largest absolute Gasteiger partial charge is 0.349 e. The van der Waals surface area contributed by atoms with Gasteiger partial charge in [0.1, 0.15) is 12.4 Å². The summed E-state index contributed by atoms with van der Waals surface area (Å²) in [7, 11) is 0. The number of hydrogen-bond acceptors (Lipinski definition) is 5. The van der Waals surface area contributed by atoms with Crippen molar-refractivity contribution < 1.29 is 9.72 Å². The first kappa shape index (κ1) is 17.4. The van der Waals surface area contributed by atoms with Crippen LogP contribution >= 0.6 is 12.4 Å². The van der Waals surface area contributed by atoms with Crippen molar-refractivity contribution in [2.24, 2.45) is 11.7 Å². The summed E-state index contributed by atoms with van der Waals surface area (Å²) < 4.78 is 1.40. The molecule has 8 nitrogen and oxygen atoms in total. The highest BCUT2D eigenvalue weighted by Crippen LogP contribution is 2.38. The maximum Gasteiger partial charge on any atom is 0.306 e. The average Bonchev–Trinajstić information content (AvgIpc) is 3.15. The molecule has 0 aliphatic heterocycles. The lowest BCUT2D eigenvalue weighted by Crippen LogP contribution is -2.53. The average molecular weight is 318 g/mol. The third-order valence-corrected chi connectivity index (χ3v) is 3.73. The Morgan fingerprint density at radius 3 is 2.81 bits per heavy atom. The molecule has 1 aliphatic carbocycles. The van der Waals surface area contributed by atoms with E-state index in [1.165, 1.54) is 17.1 Å². The van der Waals surface area contributed by atoms with E-state index in [1.54, 1.807) is 0 Å². The van der Waals surface area contributed by atoms with Crippen LogP contribution in [0.3, 0.4) is 0 Å². The molecule has 1 atom stereocenters. The number of amides is 1. The van der Waals surface area contributed by atoms with Crippen molar-refractivity contribution in [3.63, 3.8) is 0 Å². The van der Waals surface area contributed by atoms with Crippen LogP contribution in [0.15, 0.2) is 12.4 Å². The van der Waals surface area contributed by atoms with E-state index >= 15 is 0 Å². The number of carbonyl (C=O) groups excluding carboxylic acids is 1. The highest BCUT2D eigenvalue weighted by molar-refractivity contribution is 5.85. The highest BCUT2D eigenvalue weighted by Gasteiger charge is 2.41. The van der Waals surface area contributed by atoms with E-state index in [0.717, 1.165) is 12.8 Å². The Morgan fingerprint density at radius 2 is 2.33 bits per heavy atom. The van der Waals surface area contributed by atoms with Gasteiger partial charge in [0.2, 0.25) is 5.91 Å². The van der Waals surface area contributed by atoms with Crippen LogP contribution in [-0.2, 0) is 11.3 Å². The minimum Gasteiger partial charge on any atom is -0.349 e. The summed E-state index contributed by atoms with van der Waals surface area (Å²) in [5.41, 5.74) is 5.32. The van der Waals surface area contributed by atoms with E-state index in [9.17, 15) is 14.9 Å². The molecule has 0 spiro atoms. The molecule has 1 saturated carbocycles. The van der Waals surface area contributed by atoms with E-state index in [-0.39, 0.29) is 36.0 Å². The van der Waals surface area contributed by atoms with Crippen molar-refractivity contribution in [3.8, 4) is 0 Å². The molecule has 0 radical (unpaired) electrons. The van der Waals surface area contributed by atoms with Crippen molar-refractivity contribution in [1.82, 2.24) is 15.1 Å². The Morgan fingerprint density at radius 1 is 1.67 bits per heavy atom. The number of aryl methyl sites for hydroxylation is 1. The van der Waals surface area contributed by atoms with Gasteiger partial charge in [-0.3, -0.25) is 19.6 Å². The lowest BCUT2D eigenvalue weighted by molar-refractivity contribution is -0.385. The number of carbonyl (C=O) groups is 1. The van der Waals surface area contributed by atoms with Gasteiger partial charge in [-0.15, -0.1) is 12.4 Å². The number of rotatable bonds is 7. The van der Waals surface area contributed by atoms with Gasteiger partial charge in [0.25, 0.3) is 0 Å². The van der Waals surface area contributed by atoms with Crippen molar-refractivity contribution in [1.29, 1.82) is 0 Å². The summed E-state index contributed by atoms with van der Waals surface area (Å²) in [6.45, 7) is 2.68. The van der Waals surface area contributed by atoms with Gasteiger partial charge in [0.05, 0.1) is 10.5 Å². The van der Waals surface area contributed by atoms with Crippen LogP contribution in [0, 0.1) is 16.0 Å². The monoisotopic (exact) mass is 317 g/mol. The number of halogens is 1. The molecule has 1 aromatic rings.